The lowest BCUT2D eigenvalue weighted by atomic mass is 10.1. The number of ether oxygens (including phenoxy) is 1. The van der Waals surface area contributed by atoms with Crippen molar-refractivity contribution in [2.75, 3.05) is 6.61 Å². The summed E-state index contributed by atoms with van der Waals surface area (Å²) in [7, 11) is 0. The smallest absolute Gasteiger partial charge is 0.336 e. The highest BCUT2D eigenvalue weighted by Crippen LogP contribution is 2.20. The Morgan fingerprint density at radius 3 is 2.55 bits per heavy atom. The fourth-order valence-corrected chi connectivity index (χ4v) is 2.26. The molecule has 0 bridgehead atoms. The van der Waals surface area contributed by atoms with E-state index in [0.29, 0.717) is 16.9 Å². The predicted molar refractivity (Wildman–Crippen MR) is 86.5 cm³/mol. The van der Waals surface area contributed by atoms with Gasteiger partial charge in [-0.15, -0.1) is 0 Å². The molecule has 0 saturated carbocycles. The molecule has 0 aliphatic rings. The minimum absolute atomic E-state index is 0.0792. The van der Waals surface area contributed by atoms with Crippen LogP contribution in [0.1, 0.15) is 10.4 Å². The molecular weight excluding hydrogens is 348 g/mol. The third kappa shape index (κ3) is 3.26. The zero-order valence-corrected chi connectivity index (χ0v) is 13.0. The third-order valence-corrected chi connectivity index (χ3v) is 3.66. The fraction of sp³-hybridized carbons (Fsp3) is 0.0588. The van der Waals surface area contributed by atoms with Crippen molar-refractivity contribution in [3.05, 3.63) is 75.1 Å². The lowest BCUT2D eigenvalue weighted by molar-refractivity contribution is 0.0921. The summed E-state index contributed by atoms with van der Waals surface area (Å²) in [4.78, 5) is 23.2. The lowest BCUT2D eigenvalue weighted by Crippen LogP contribution is -2.11. The number of hydrogen-bond acceptors (Lipinski definition) is 4. The van der Waals surface area contributed by atoms with Crippen LogP contribution < -0.4 is 10.4 Å². The Balaban J connectivity index is 1.74. The number of hydrogen-bond donors (Lipinski definition) is 0. The van der Waals surface area contributed by atoms with E-state index in [1.54, 1.807) is 48.5 Å². The minimum Gasteiger partial charge on any atom is -0.485 e. The SMILES string of the molecule is O=C(COc1ccc2ccc(=O)oc2c1)c1ccc(Br)cc1. The molecule has 1 aromatic heterocycles. The fourth-order valence-electron chi connectivity index (χ4n) is 2.00. The van der Waals surface area contributed by atoms with E-state index in [4.69, 9.17) is 9.15 Å². The van der Waals surface area contributed by atoms with Crippen molar-refractivity contribution in [3.8, 4) is 5.75 Å². The maximum absolute atomic E-state index is 12.0. The monoisotopic (exact) mass is 358 g/mol. The van der Waals surface area contributed by atoms with Crippen molar-refractivity contribution >= 4 is 32.7 Å². The third-order valence-electron chi connectivity index (χ3n) is 3.13. The first-order chi connectivity index (χ1) is 10.6. The van der Waals surface area contributed by atoms with E-state index in [2.05, 4.69) is 15.9 Å². The van der Waals surface area contributed by atoms with Gasteiger partial charge in [0.25, 0.3) is 0 Å². The van der Waals surface area contributed by atoms with Gasteiger partial charge >= 0.3 is 5.63 Å². The average molecular weight is 359 g/mol. The van der Waals surface area contributed by atoms with Crippen LogP contribution in [0.3, 0.4) is 0 Å². The van der Waals surface area contributed by atoms with Crippen molar-refractivity contribution in [2.24, 2.45) is 0 Å². The molecule has 0 aliphatic heterocycles. The molecule has 3 aromatic rings. The number of fused-ring (bicyclic) bond motifs is 1. The van der Waals surface area contributed by atoms with E-state index < -0.39 is 5.63 Å². The summed E-state index contributed by atoms with van der Waals surface area (Å²) in [6.07, 6.45) is 0. The van der Waals surface area contributed by atoms with E-state index >= 15 is 0 Å². The van der Waals surface area contributed by atoms with E-state index in [1.165, 1.54) is 6.07 Å². The molecule has 0 spiro atoms. The zero-order chi connectivity index (χ0) is 15.5. The number of halogens is 1. The van der Waals surface area contributed by atoms with Crippen molar-refractivity contribution in [2.45, 2.75) is 0 Å². The van der Waals surface area contributed by atoms with Crippen LogP contribution in [0.5, 0.6) is 5.75 Å². The molecule has 0 radical (unpaired) electrons. The summed E-state index contributed by atoms with van der Waals surface area (Å²) in [6.45, 7) is -0.0792. The van der Waals surface area contributed by atoms with E-state index in [-0.39, 0.29) is 12.4 Å². The number of ketones is 1. The van der Waals surface area contributed by atoms with Crippen molar-refractivity contribution in [1.29, 1.82) is 0 Å². The quantitative estimate of drug-likeness (QED) is 0.525. The van der Waals surface area contributed by atoms with Crippen LogP contribution in [0.2, 0.25) is 0 Å². The highest BCUT2D eigenvalue weighted by atomic mass is 79.9. The van der Waals surface area contributed by atoms with Gasteiger partial charge in [-0.3, -0.25) is 4.79 Å². The van der Waals surface area contributed by atoms with Gasteiger partial charge in [-0.05, 0) is 30.3 Å². The number of carbonyl (C=O) groups excluding carboxylic acids is 1. The second-order valence-electron chi connectivity index (χ2n) is 4.67. The average Bonchev–Trinajstić information content (AvgIpc) is 2.53. The van der Waals surface area contributed by atoms with Gasteiger partial charge in [0.1, 0.15) is 11.3 Å². The molecule has 0 amide bonds. The Kier molecular flexibility index (Phi) is 4.06. The maximum Gasteiger partial charge on any atom is 0.336 e. The molecule has 0 aliphatic carbocycles. The van der Waals surface area contributed by atoms with Crippen molar-refractivity contribution < 1.29 is 13.9 Å². The molecule has 0 saturated heterocycles. The molecule has 1 heterocycles. The normalized spacial score (nSPS) is 10.6. The van der Waals surface area contributed by atoms with Crippen LogP contribution in [0.15, 0.2) is 68.3 Å². The van der Waals surface area contributed by atoms with Gasteiger partial charge in [0.2, 0.25) is 0 Å². The second-order valence-corrected chi connectivity index (χ2v) is 5.59. The predicted octanol–water partition coefficient (Wildman–Crippen LogP) is 3.82. The Morgan fingerprint density at radius 1 is 1.05 bits per heavy atom. The van der Waals surface area contributed by atoms with Gasteiger partial charge in [0.15, 0.2) is 12.4 Å². The van der Waals surface area contributed by atoms with E-state index in [9.17, 15) is 9.59 Å². The van der Waals surface area contributed by atoms with Crippen molar-refractivity contribution in [3.63, 3.8) is 0 Å². The van der Waals surface area contributed by atoms with Crippen LogP contribution in [0.25, 0.3) is 11.0 Å². The molecule has 0 N–H and O–H groups in total. The number of carbonyl (C=O) groups is 1. The molecule has 5 heteroatoms. The molecule has 0 fully saturated rings. The Labute approximate surface area is 134 Å². The van der Waals surface area contributed by atoms with Gasteiger partial charge in [0, 0.05) is 27.6 Å². The van der Waals surface area contributed by atoms with Crippen LogP contribution >= 0.6 is 15.9 Å². The molecular formula is C17H11BrO4. The van der Waals surface area contributed by atoms with E-state index in [0.717, 1.165) is 9.86 Å². The Morgan fingerprint density at radius 2 is 1.77 bits per heavy atom. The summed E-state index contributed by atoms with van der Waals surface area (Å²) in [5.41, 5.74) is 0.590. The standard InChI is InChI=1S/C17H11BrO4/c18-13-5-1-11(2-6-13)15(19)10-21-14-7-3-12-4-8-17(20)22-16(12)9-14/h1-9H,10H2. The second kappa shape index (κ2) is 6.15. The summed E-state index contributed by atoms with van der Waals surface area (Å²) in [5.74, 6) is 0.356. The minimum atomic E-state index is -0.421. The van der Waals surface area contributed by atoms with Gasteiger partial charge in [-0.1, -0.05) is 28.1 Å². The summed E-state index contributed by atoms with van der Waals surface area (Å²) in [6, 6.07) is 15.2. The first-order valence-electron chi connectivity index (χ1n) is 6.57. The number of rotatable bonds is 4. The summed E-state index contributed by atoms with van der Waals surface area (Å²) in [5, 5.41) is 0.797. The Bertz CT molecular complexity index is 881. The molecule has 110 valence electrons. The highest BCUT2D eigenvalue weighted by Gasteiger charge is 2.07. The van der Waals surface area contributed by atoms with E-state index in [1.807, 2.05) is 0 Å². The summed E-state index contributed by atoms with van der Waals surface area (Å²) >= 11 is 3.32. The molecule has 0 atom stereocenters. The summed E-state index contributed by atoms with van der Waals surface area (Å²) < 4.78 is 11.5. The molecule has 4 nitrogen and oxygen atoms in total. The molecule has 3 rings (SSSR count). The first-order valence-corrected chi connectivity index (χ1v) is 7.36. The van der Waals surface area contributed by atoms with Crippen LogP contribution in [0.4, 0.5) is 0 Å². The maximum atomic E-state index is 12.0. The van der Waals surface area contributed by atoms with Crippen LogP contribution in [-0.2, 0) is 0 Å². The van der Waals surface area contributed by atoms with Crippen LogP contribution in [0, 0.1) is 0 Å². The molecule has 22 heavy (non-hydrogen) atoms. The highest BCUT2D eigenvalue weighted by molar-refractivity contribution is 9.10. The van der Waals surface area contributed by atoms with Gasteiger partial charge < -0.3 is 9.15 Å². The largest absolute Gasteiger partial charge is 0.485 e. The van der Waals surface area contributed by atoms with Gasteiger partial charge in [-0.25, -0.2) is 4.79 Å². The lowest BCUT2D eigenvalue weighted by Gasteiger charge is -2.06. The van der Waals surface area contributed by atoms with Crippen molar-refractivity contribution in [1.82, 2.24) is 0 Å². The topological polar surface area (TPSA) is 56.5 Å². The molecule has 2 aromatic carbocycles. The van der Waals surface area contributed by atoms with Gasteiger partial charge in [0.05, 0.1) is 0 Å². The van der Waals surface area contributed by atoms with Gasteiger partial charge in [-0.2, -0.15) is 0 Å². The van der Waals surface area contributed by atoms with Crippen LogP contribution in [-0.4, -0.2) is 12.4 Å². The number of Topliss-reactive ketones (excluding diaryl/α,β-unsaturated/α-hetero) is 1. The first kappa shape index (κ1) is 14.5. The zero-order valence-electron chi connectivity index (χ0n) is 11.4. The molecule has 0 unspecified atom stereocenters. The Hall–Kier alpha value is -2.40. The number of benzene rings is 2.